The van der Waals surface area contributed by atoms with Crippen LogP contribution in [0.1, 0.15) is 11.1 Å². The SMILES string of the molecule is Cc1ccc(C)c(-c2nsc3ccccc23)c1. The zero-order valence-electron chi connectivity index (χ0n) is 9.90. The van der Waals surface area contributed by atoms with Crippen molar-refractivity contribution in [3.63, 3.8) is 0 Å². The molecule has 17 heavy (non-hydrogen) atoms. The number of rotatable bonds is 1. The van der Waals surface area contributed by atoms with Gasteiger partial charge in [0.1, 0.15) is 0 Å². The molecule has 0 N–H and O–H groups in total. The second-order valence-electron chi connectivity index (χ2n) is 4.35. The van der Waals surface area contributed by atoms with Gasteiger partial charge in [0.25, 0.3) is 0 Å². The Labute approximate surface area is 105 Å². The summed E-state index contributed by atoms with van der Waals surface area (Å²) in [6.07, 6.45) is 0. The Morgan fingerprint density at radius 3 is 2.71 bits per heavy atom. The van der Waals surface area contributed by atoms with Crippen LogP contribution in [0.3, 0.4) is 0 Å². The Morgan fingerprint density at radius 2 is 1.82 bits per heavy atom. The third-order valence-corrected chi connectivity index (χ3v) is 3.85. The van der Waals surface area contributed by atoms with Gasteiger partial charge in [-0.2, -0.15) is 4.37 Å². The zero-order valence-corrected chi connectivity index (χ0v) is 10.7. The van der Waals surface area contributed by atoms with E-state index in [4.69, 9.17) is 0 Å². The molecular weight excluding hydrogens is 226 g/mol. The molecule has 0 spiro atoms. The number of nitrogens with zero attached hydrogens (tertiary/aromatic N) is 1. The van der Waals surface area contributed by atoms with Crippen molar-refractivity contribution in [2.45, 2.75) is 13.8 Å². The maximum Gasteiger partial charge on any atom is 0.0922 e. The van der Waals surface area contributed by atoms with Crippen LogP contribution in [0.5, 0.6) is 0 Å². The van der Waals surface area contributed by atoms with E-state index in [1.807, 2.05) is 0 Å². The van der Waals surface area contributed by atoms with Crippen molar-refractivity contribution in [2.75, 3.05) is 0 Å². The molecule has 0 fully saturated rings. The molecule has 0 atom stereocenters. The highest BCUT2D eigenvalue weighted by Crippen LogP contribution is 2.32. The summed E-state index contributed by atoms with van der Waals surface area (Å²) in [5.41, 5.74) is 4.93. The van der Waals surface area contributed by atoms with Crippen molar-refractivity contribution in [3.05, 3.63) is 53.6 Å². The van der Waals surface area contributed by atoms with E-state index in [0.717, 1.165) is 5.69 Å². The van der Waals surface area contributed by atoms with Crippen LogP contribution in [0.15, 0.2) is 42.5 Å². The minimum Gasteiger partial charge on any atom is -0.191 e. The van der Waals surface area contributed by atoms with Crippen LogP contribution in [0.25, 0.3) is 21.3 Å². The molecule has 0 radical (unpaired) electrons. The van der Waals surface area contributed by atoms with Crippen molar-refractivity contribution in [1.29, 1.82) is 0 Å². The molecule has 0 unspecified atom stereocenters. The minimum atomic E-state index is 1.12. The molecule has 0 aliphatic heterocycles. The van der Waals surface area contributed by atoms with Crippen LogP contribution in [-0.4, -0.2) is 4.37 Å². The average Bonchev–Trinajstić information content (AvgIpc) is 2.76. The number of aryl methyl sites for hydroxylation is 2. The largest absolute Gasteiger partial charge is 0.191 e. The highest BCUT2D eigenvalue weighted by Gasteiger charge is 2.10. The second-order valence-corrected chi connectivity index (χ2v) is 5.15. The number of fused-ring (bicyclic) bond motifs is 1. The van der Waals surface area contributed by atoms with Gasteiger partial charge >= 0.3 is 0 Å². The lowest BCUT2D eigenvalue weighted by molar-refractivity contribution is 1.38. The van der Waals surface area contributed by atoms with E-state index < -0.39 is 0 Å². The van der Waals surface area contributed by atoms with Crippen molar-refractivity contribution < 1.29 is 0 Å². The van der Waals surface area contributed by atoms with E-state index >= 15 is 0 Å². The van der Waals surface area contributed by atoms with Gasteiger partial charge in [-0.1, -0.05) is 35.9 Å². The predicted molar refractivity (Wildman–Crippen MR) is 74.5 cm³/mol. The monoisotopic (exact) mass is 239 g/mol. The first-order chi connectivity index (χ1) is 8.25. The summed E-state index contributed by atoms with van der Waals surface area (Å²) in [6, 6.07) is 14.9. The topological polar surface area (TPSA) is 12.9 Å². The van der Waals surface area contributed by atoms with E-state index in [0.29, 0.717) is 0 Å². The lowest BCUT2D eigenvalue weighted by Gasteiger charge is -2.04. The molecule has 1 aromatic heterocycles. The lowest BCUT2D eigenvalue weighted by Crippen LogP contribution is -1.85. The number of hydrogen-bond acceptors (Lipinski definition) is 2. The molecule has 1 nitrogen and oxygen atoms in total. The summed E-state index contributed by atoms with van der Waals surface area (Å²) in [6.45, 7) is 4.26. The van der Waals surface area contributed by atoms with Crippen LogP contribution in [0, 0.1) is 13.8 Å². The molecule has 0 bridgehead atoms. The highest BCUT2D eigenvalue weighted by atomic mass is 32.1. The van der Waals surface area contributed by atoms with Crippen molar-refractivity contribution in [1.82, 2.24) is 4.37 Å². The molecule has 2 aromatic carbocycles. The van der Waals surface area contributed by atoms with Gasteiger partial charge in [0.15, 0.2) is 0 Å². The van der Waals surface area contributed by atoms with Crippen LogP contribution in [-0.2, 0) is 0 Å². The van der Waals surface area contributed by atoms with E-state index in [1.165, 1.54) is 26.8 Å². The van der Waals surface area contributed by atoms with Gasteiger partial charge in [-0.05, 0) is 43.1 Å². The third-order valence-electron chi connectivity index (χ3n) is 3.03. The first-order valence-corrected chi connectivity index (χ1v) is 6.45. The molecule has 3 aromatic rings. The van der Waals surface area contributed by atoms with Gasteiger partial charge < -0.3 is 0 Å². The Kier molecular flexibility index (Phi) is 2.45. The maximum absolute atomic E-state index is 4.61. The van der Waals surface area contributed by atoms with E-state index in [1.54, 1.807) is 11.5 Å². The van der Waals surface area contributed by atoms with Gasteiger partial charge in [-0.15, -0.1) is 0 Å². The Morgan fingerprint density at radius 1 is 1.00 bits per heavy atom. The van der Waals surface area contributed by atoms with Crippen LogP contribution in [0.4, 0.5) is 0 Å². The van der Waals surface area contributed by atoms with E-state index in [-0.39, 0.29) is 0 Å². The normalized spacial score (nSPS) is 10.9. The van der Waals surface area contributed by atoms with E-state index in [2.05, 4.69) is 60.7 Å². The summed E-state index contributed by atoms with van der Waals surface area (Å²) in [5, 5.41) is 1.26. The van der Waals surface area contributed by atoms with Crippen molar-refractivity contribution in [3.8, 4) is 11.3 Å². The van der Waals surface area contributed by atoms with Gasteiger partial charge in [0.05, 0.1) is 10.4 Å². The Balaban J connectivity index is 2.31. The number of benzene rings is 2. The average molecular weight is 239 g/mol. The second kappa shape index (κ2) is 3.97. The van der Waals surface area contributed by atoms with Crippen LogP contribution >= 0.6 is 11.5 Å². The molecule has 84 valence electrons. The molecule has 0 saturated heterocycles. The highest BCUT2D eigenvalue weighted by molar-refractivity contribution is 7.13. The molecule has 0 aliphatic carbocycles. The fourth-order valence-electron chi connectivity index (χ4n) is 2.07. The van der Waals surface area contributed by atoms with Crippen LogP contribution < -0.4 is 0 Å². The first-order valence-electron chi connectivity index (χ1n) is 5.68. The van der Waals surface area contributed by atoms with Gasteiger partial charge in [-0.3, -0.25) is 0 Å². The summed E-state index contributed by atoms with van der Waals surface area (Å²) in [4.78, 5) is 0. The van der Waals surface area contributed by atoms with Gasteiger partial charge in [-0.25, -0.2) is 0 Å². The molecule has 2 heteroatoms. The Hall–Kier alpha value is -1.67. The number of hydrogen-bond donors (Lipinski definition) is 0. The molecule has 0 amide bonds. The van der Waals surface area contributed by atoms with Crippen molar-refractivity contribution >= 4 is 21.6 Å². The molecule has 3 rings (SSSR count). The third kappa shape index (κ3) is 1.75. The van der Waals surface area contributed by atoms with Gasteiger partial charge in [0, 0.05) is 10.9 Å². The maximum atomic E-state index is 4.61. The number of aromatic nitrogens is 1. The smallest absolute Gasteiger partial charge is 0.0922 e. The molecule has 1 heterocycles. The zero-order chi connectivity index (χ0) is 11.8. The van der Waals surface area contributed by atoms with E-state index in [9.17, 15) is 0 Å². The van der Waals surface area contributed by atoms with Crippen LogP contribution in [0.2, 0.25) is 0 Å². The van der Waals surface area contributed by atoms with Gasteiger partial charge in [0.2, 0.25) is 0 Å². The molecule has 0 saturated carbocycles. The summed E-state index contributed by atoms with van der Waals surface area (Å²) < 4.78 is 5.86. The minimum absolute atomic E-state index is 1.12. The fraction of sp³-hybridized carbons (Fsp3) is 0.133. The fourth-order valence-corrected chi connectivity index (χ4v) is 2.86. The van der Waals surface area contributed by atoms with Crippen molar-refractivity contribution in [2.24, 2.45) is 0 Å². The Bertz CT molecular complexity index is 682. The molecular formula is C15H13NS. The lowest BCUT2D eigenvalue weighted by atomic mass is 10.0. The molecule has 0 aliphatic rings. The summed E-state index contributed by atoms with van der Waals surface area (Å²) >= 11 is 1.57. The quantitative estimate of drug-likeness (QED) is 0.605. The first kappa shape index (κ1) is 10.5. The standard InChI is InChI=1S/C15H13NS/c1-10-7-8-11(2)13(9-10)15-12-5-3-4-6-14(12)17-16-15/h3-9H,1-2H3. The summed E-state index contributed by atoms with van der Waals surface area (Å²) in [5.74, 6) is 0. The summed E-state index contributed by atoms with van der Waals surface area (Å²) in [7, 11) is 0. The predicted octanol–water partition coefficient (Wildman–Crippen LogP) is 4.58.